The Kier molecular flexibility index (Phi) is 8.85. The van der Waals surface area contributed by atoms with Gasteiger partial charge in [-0.1, -0.05) is 37.2 Å². The van der Waals surface area contributed by atoms with Crippen LogP contribution in [0.15, 0.2) is 33.8 Å². The molecule has 1 aromatic heterocycles. The third-order valence-corrected chi connectivity index (χ3v) is 5.04. The maximum Gasteiger partial charge on any atom is 0.226 e. The van der Waals surface area contributed by atoms with Crippen LogP contribution < -0.4 is 10.6 Å². The average molecular weight is 515 g/mol. The summed E-state index contributed by atoms with van der Waals surface area (Å²) in [6.45, 7) is 8.24. The molecule has 0 radical (unpaired) electrons. The van der Waals surface area contributed by atoms with Crippen LogP contribution in [0.5, 0.6) is 0 Å². The van der Waals surface area contributed by atoms with E-state index < -0.39 is 0 Å². The lowest BCUT2D eigenvalue weighted by atomic mass is 9.95. The third-order valence-electron chi connectivity index (χ3n) is 5.04. The van der Waals surface area contributed by atoms with Crippen LogP contribution in [0, 0.1) is 5.82 Å². The van der Waals surface area contributed by atoms with E-state index in [1.165, 1.54) is 6.07 Å². The van der Waals surface area contributed by atoms with Crippen molar-refractivity contribution in [2.24, 2.45) is 4.99 Å². The van der Waals surface area contributed by atoms with Gasteiger partial charge >= 0.3 is 0 Å². The number of guanidine groups is 1. The van der Waals surface area contributed by atoms with E-state index >= 15 is 0 Å². The monoisotopic (exact) mass is 515 g/mol. The maximum atomic E-state index is 14.2. The van der Waals surface area contributed by atoms with Crippen molar-refractivity contribution in [3.8, 4) is 0 Å². The van der Waals surface area contributed by atoms with E-state index in [0.717, 1.165) is 56.1 Å². The van der Waals surface area contributed by atoms with Gasteiger partial charge in [0.2, 0.25) is 5.89 Å². The first-order chi connectivity index (χ1) is 13.5. The van der Waals surface area contributed by atoms with Crippen LogP contribution in [-0.2, 0) is 11.8 Å². The number of aromatic nitrogens is 2. The molecule has 0 bridgehead atoms. The number of benzene rings is 1. The van der Waals surface area contributed by atoms with Crippen LogP contribution in [0.25, 0.3) is 0 Å². The van der Waals surface area contributed by atoms with Gasteiger partial charge in [0.25, 0.3) is 0 Å². The Bertz CT molecular complexity index is 804. The molecule has 1 aliphatic carbocycles. The molecule has 2 aromatic rings. The van der Waals surface area contributed by atoms with Crippen LogP contribution in [0.1, 0.15) is 63.2 Å². The topological polar surface area (TPSA) is 75.3 Å². The van der Waals surface area contributed by atoms with Gasteiger partial charge in [-0.3, -0.25) is 4.99 Å². The second kappa shape index (κ2) is 10.9. The first kappa shape index (κ1) is 23.6. The lowest BCUT2D eigenvalue weighted by Crippen LogP contribution is -2.38. The lowest BCUT2D eigenvalue weighted by molar-refractivity contribution is 0.368. The van der Waals surface area contributed by atoms with Crippen molar-refractivity contribution in [3.05, 3.63) is 47.4 Å². The summed E-state index contributed by atoms with van der Waals surface area (Å²) in [4.78, 5) is 9.11. The molecule has 29 heavy (non-hydrogen) atoms. The van der Waals surface area contributed by atoms with Crippen molar-refractivity contribution >= 4 is 29.9 Å². The average Bonchev–Trinajstić information content (AvgIpc) is 3.31. The second-order valence-electron chi connectivity index (χ2n) is 7.69. The molecular formula is C21H31FIN5O. The molecule has 0 amide bonds. The van der Waals surface area contributed by atoms with Crippen LogP contribution in [0.3, 0.4) is 0 Å². The van der Waals surface area contributed by atoms with Gasteiger partial charge in [-0.05, 0) is 37.8 Å². The highest BCUT2D eigenvalue weighted by molar-refractivity contribution is 14.0. The maximum absolute atomic E-state index is 14.2. The molecule has 0 unspecified atom stereocenters. The van der Waals surface area contributed by atoms with Crippen LogP contribution >= 0.6 is 24.0 Å². The van der Waals surface area contributed by atoms with Gasteiger partial charge in [0.05, 0.1) is 6.54 Å². The largest absolute Gasteiger partial charge is 0.357 e. The highest BCUT2D eigenvalue weighted by Gasteiger charge is 2.45. The number of aryl methyl sites for hydroxylation is 1. The summed E-state index contributed by atoms with van der Waals surface area (Å²) >= 11 is 0. The first-order valence-corrected chi connectivity index (χ1v) is 10.1. The van der Waals surface area contributed by atoms with E-state index in [1.54, 1.807) is 6.07 Å². The Hall–Kier alpha value is -1.71. The Morgan fingerprint density at radius 1 is 1.28 bits per heavy atom. The zero-order chi connectivity index (χ0) is 20.0. The molecule has 6 nitrogen and oxygen atoms in total. The lowest BCUT2D eigenvalue weighted by Gasteiger charge is -2.16. The summed E-state index contributed by atoms with van der Waals surface area (Å²) in [5, 5.41) is 10.6. The predicted octanol–water partition coefficient (Wildman–Crippen LogP) is 4.17. The summed E-state index contributed by atoms with van der Waals surface area (Å²) in [6, 6.07) is 7.05. The zero-order valence-corrected chi connectivity index (χ0v) is 19.7. The van der Waals surface area contributed by atoms with Crippen molar-refractivity contribution < 1.29 is 8.91 Å². The standard InChI is InChI=1S/C21H30FN5O.HI/c1-4-23-20(24-13-7-10-18-26-19(15(2)3)27-28-18)25-14-21(11-12-21)16-8-5-6-9-17(16)22;/h5-6,8-9,15H,4,7,10-14H2,1-3H3,(H2,23,24,25);1H. The smallest absolute Gasteiger partial charge is 0.226 e. The zero-order valence-electron chi connectivity index (χ0n) is 17.4. The third kappa shape index (κ3) is 6.38. The number of nitrogens with zero attached hydrogens (tertiary/aromatic N) is 3. The second-order valence-corrected chi connectivity index (χ2v) is 7.69. The SMILES string of the molecule is CCNC(=NCC1(c2ccccc2F)CC1)NCCCc1nc(C(C)C)no1.I. The molecule has 160 valence electrons. The van der Waals surface area contributed by atoms with E-state index in [4.69, 9.17) is 9.52 Å². The Morgan fingerprint density at radius 2 is 2.03 bits per heavy atom. The van der Waals surface area contributed by atoms with Crippen LogP contribution in [-0.4, -0.2) is 35.7 Å². The summed E-state index contributed by atoms with van der Waals surface area (Å²) in [5.41, 5.74) is 0.636. The van der Waals surface area contributed by atoms with E-state index in [1.807, 2.05) is 32.9 Å². The molecule has 1 saturated carbocycles. The molecule has 0 spiro atoms. The number of rotatable bonds is 9. The molecule has 1 heterocycles. The van der Waals surface area contributed by atoms with Crippen molar-refractivity contribution in [1.82, 2.24) is 20.8 Å². The number of halogens is 2. The molecule has 1 fully saturated rings. The fraction of sp³-hybridized carbons (Fsp3) is 0.571. The Balaban J connectivity index is 0.00000300. The highest BCUT2D eigenvalue weighted by atomic mass is 127. The molecule has 3 rings (SSSR count). The first-order valence-electron chi connectivity index (χ1n) is 10.1. The van der Waals surface area contributed by atoms with Crippen molar-refractivity contribution in [3.63, 3.8) is 0 Å². The van der Waals surface area contributed by atoms with Crippen LogP contribution in [0.2, 0.25) is 0 Å². The van der Waals surface area contributed by atoms with Crippen molar-refractivity contribution in [2.45, 2.75) is 57.8 Å². The molecule has 0 aliphatic heterocycles. The number of hydrogen-bond acceptors (Lipinski definition) is 4. The summed E-state index contributed by atoms with van der Waals surface area (Å²) < 4.78 is 19.4. The van der Waals surface area contributed by atoms with E-state index in [9.17, 15) is 4.39 Å². The Labute approximate surface area is 189 Å². The van der Waals surface area contributed by atoms with E-state index in [2.05, 4.69) is 20.8 Å². The van der Waals surface area contributed by atoms with E-state index in [0.29, 0.717) is 12.4 Å². The molecule has 2 N–H and O–H groups in total. The summed E-state index contributed by atoms with van der Waals surface area (Å²) in [5.74, 6) is 2.32. The molecule has 1 aliphatic rings. The molecule has 0 saturated heterocycles. The quantitative estimate of drug-likeness (QED) is 0.227. The molecule has 0 atom stereocenters. The number of hydrogen-bond donors (Lipinski definition) is 2. The van der Waals surface area contributed by atoms with Gasteiger partial charge in [0.15, 0.2) is 11.8 Å². The normalized spacial score (nSPS) is 15.1. The predicted molar refractivity (Wildman–Crippen MR) is 123 cm³/mol. The highest BCUT2D eigenvalue weighted by Crippen LogP contribution is 2.49. The minimum absolute atomic E-state index is 0. The van der Waals surface area contributed by atoms with E-state index in [-0.39, 0.29) is 41.1 Å². The van der Waals surface area contributed by atoms with Gasteiger partial charge in [-0.25, -0.2) is 4.39 Å². The van der Waals surface area contributed by atoms with Crippen molar-refractivity contribution in [2.75, 3.05) is 19.6 Å². The van der Waals surface area contributed by atoms with Gasteiger partial charge in [-0.2, -0.15) is 4.98 Å². The van der Waals surface area contributed by atoms with Crippen molar-refractivity contribution in [1.29, 1.82) is 0 Å². The summed E-state index contributed by atoms with van der Waals surface area (Å²) in [6.07, 6.45) is 3.55. The van der Waals surface area contributed by atoms with Gasteiger partial charge in [-0.15, -0.1) is 24.0 Å². The van der Waals surface area contributed by atoms with Gasteiger partial charge in [0.1, 0.15) is 5.82 Å². The Morgan fingerprint density at radius 3 is 2.66 bits per heavy atom. The molecule has 1 aromatic carbocycles. The number of aliphatic imine (C=N–C) groups is 1. The molecule has 8 heteroatoms. The minimum atomic E-state index is -0.148. The molecular weight excluding hydrogens is 484 g/mol. The minimum Gasteiger partial charge on any atom is -0.357 e. The van der Waals surface area contributed by atoms with Crippen LogP contribution in [0.4, 0.5) is 4.39 Å². The summed E-state index contributed by atoms with van der Waals surface area (Å²) in [7, 11) is 0. The number of nitrogens with one attached hydrogen (secondary N) is 2. The fourth-order valence-corrected chi connectivity index (χ4v) is 3.18. The van der Waals surface area contributed by atoms with Gasteiger partial charge in [0, 0.05) is 30.8 Å². The fourth-order valence-electron chi connectivity index (χ4n) is 3.18. The van der Waals surface area contributed by atoms with Gasteiger partial charge < -0.3 is 15.2 Å².